The molecule has 0 saturated carbocycles. The average molecular weight is 319 g/mol. The smallest absolute Gasteiger partial charge is 0.338 e. The number of halogens is 1. The second-order valence-corrected chi connectivity index (χ2v) is 5.44. The molecule has 0 radical (unpaired) electrons. The Balaban J connectivity index is 1.95. The lowest BCUT2D eigenvalue weighted by Crippen LogP contribution is -2.13. The molecule has 3 nitrogen and oxygen atoms in total. The third kappa shape index (κ3) is 4.50. The van der Waals surface area contributed by atoms with Crippen LogP contribution in [0.1, 0.15) is 36.2 Å². The van der Waals surface area contributed by atoms with Crippen molar-refractivity contribution >= 4 is 17.6 Å². The maximum atomic E-state index is 11.9. The van der Waals surface area contributed by atoms with Crippen molar-refractivity contribution in [3.8, 4) is 5.75 Å². The standard InChI is InChI=1S/C18H19ClO3/c1-3-13(2)22-18(20)14-8-10-16(11-9-14)21-12-15-6-4-5-7-17(15)19/h4-11,13H,3,12H2,1-2H3. The Labute approximate surface area is 135 Å². The van der Waals surface area contributed by atoms with Crippen LogP contribution in [0.25, 0.3) is 0 Å². The molecule has 0 aromatic heterocycles. The van der Waals surface area contributed by atoms with Crippen LogP contribution < -0.4 is 4.74 Å². The molecule has 0 amide bonds. The molecule has 4 heteroatoms. The van der Waals surface area contributed by atoms with Crippen molar-refractivity contribution in [1.82, 2.24) is 0 Å². The fourth-order valence-electron chi connectivity index (χ4n) is 1.80. The molecular formula is C18H19ClO3. The minimum absolute atomic E-state index is 0.0800. The van der Waals surface area contributed by atoms with Crippen molar-refractivity contribution < 1.29 is 14.3 Å². The summed E-state index contributed by atoms with van der Waals surface area (Å²) in [6, 6.07) is 14.4. The van der Waals surface area contributed by atoms with Crippen LogP contribution in [0.15, 0.2) is 48.5 Å². The van der Waals surface area contributed by atoms with E-state index in [9.17, 15) is 4.79 Å². The number of ether oxygens (including phenoxy) is 2. The molecule has 0 saturated heterocycles. The lowest BCUT2D eigenvalue weighted by Gasteiger charge is -2.11. The van der Waals surface area contributed by atoms with Crippen LogP contribution in [0.4, 0.5) is 0 Å². The molecule has 1 unspecified atom stereocenters. The van der Waals surface area contributed by atoms with Gasteiger partial charge in [0, 0.05) is 10.6 Å². The van der Waals surface area contributed by atoms with E-state index in [4.69, 9.17) is 21.1 Å². The van der Waals surface area contributed by atoms with Crippen molar-refractivity contribution in [2.45, 2.75) is 33.0 Å². The minimum atomic E-state index is -0.313. The zero-order valence-electron chi connectivity index (χ0n) is 12.7. The number of hydrogen-bond donors (Lipinski definition) is 0. The topological polar surface area (TPSA) is 35.5 Å². The van der Waals surface area contributed by atoms with Gasteiger partial charge in [0.15, 0.2) is 0 Å². The zero-order valence-corrected chi connectivity index (χ0v) is 13.5. The van der Waals surface area contributed by atoms with Crippen LogP contribution >= 0.6 is 11.6 Å². The number of carbonyl (C=O) groups excluding carboxylic acids is 1. The Hall–Kier alpha value is -2.00. The first-order valence-corrected chi connectivity index (χ1v) is 7.65. The summed E-state index contributed by atoms with van der Waals surface area (Å²) in [5.41, 5.74) is 1.44. The van der Waals surface area contributed by atoms with E-state index < -0.39 is 0 Å². The fraction of sp³-hybridized carbons (Fsp3) is 0.278. The van der Waals surface area contributed by atoms with Gasteiger partial charge in [0.05, 0.1) is 11.7 Å². The molecule has 116 valence electrons. The maximum absolute atomic E-state index is 11.9. The predicted octanol–water partition coefficient (Wildman–Crippen LogP) is 4.87. The Bertz CT molecular complexity index is 622. The monoisotopic (exact) mass is 318 g/mol. The molecule has 2 aromatic carbocycles. The lowest BCUT2D eigenvalue weighted by atomic mass is 10.2. The normalized spacial score (nSPS) is 11.8. The van der Waals surface area contributed by atoms with E-state index in [0.717, 1.165) is 12.0 Å². The number of carbonyl (C=O) groups is 1. The van der Waals surface area contributed by atoms with E-state index in [2.05, 4.69) is 0 Å². The van der Waals surface area contributed by atoms with Gasteiger partial charge >= 0.3 is 5.97 Å². The number of benzene rings is 2. The van der Waals surface area contributed by atoms with Crippen LogP contribution in [0.3, 0.4) is 0 Å². The predicted molar refractivity (Wildman–Crippen MR) is 87.4 cm³/mol. The minimum Gasteiger partial charge on any atom is -0.489 e. The molecule has 0 aliphatic heterocycles. The quantitative estimate of drug-likeness (QED) is 0.712. The van der Waals surface area contributed by atoms with Gasteiger partial charge in [-0.15, -0.1) is 0 Å². The molecule has 0 aliphatic carbocycles. The fourth-order valence-corrected chi connectivity index (χ4v) is 1.99. The summed E-state index contributed by atoms with van der Waals surface area (Å²) < 4.78 is 10.9. The summed E-state index contributed by atoms with van der Waals surface area (Å²) in [7, 11) is 0. The third-order valence-electron chi connectivity index (χ3n) is 3.33. The highest BCUT2D eigenvalue weighted by Crippen LogP contribution is 2.19. The molecule has 0 heterocycles. The molecule has 0 spiro atoms. The van der Waals surface area contributed by atoms with Gasteiger partial charge in [0.25, 0.3) is 0 Å². The summed E-state index contributed by atoms with van der Waals surface area (Å²) in [5, 5.41) is 0.677. The molecule has 22 heavy (non-hydrogen) atoms. The van der Waals surface area contributed by atoms with Crippen LogP contribution in [-0.2, 0) is 11.3 Å². The molecule has 0 fully saturated rings. The summed E-state index contributed by atoms with van der Waals surface area (Å²) in [6.45, 7) is 4.24. The van der Waals surface area contributed by atoms with Crippen molar-refractivity contribution in [2.75, 3.05) is 0 Å². The van der Waals surface area contributed by atoms with Gasteiger partial charge in [-0.25, -0.2) is 4.79 Å². The molecule has 2 aromatic rings. The zero-order chi connectivity index (χ0) is 15.9. The van der Waals surface area contributed by atoms with Gasteiger partial charge < -0.3 is 9.47 Å². The Kier molecular flexibility index (Phi) is 5.84. The van der Waals surface area contributed by atoms with Crippen molar-refractivity contribution in [1.29, 1.82) is 0 Å². The van der Waals surface area contributed by atoms with Gasteiger partial charge in [-0.2, -0.15) is 0 Å². The number of rotatable bonds is 6. The van der Waals surface area contributed by atoms with Gasteiger partial charge in [-0.1, -0.05) is 36.7 Å². The highest BCUT2D eigenvalue weighted by molar-refractivity contribution is 6.31. The van der Waals surface area contributed by atoms with E-state index in [1.165, 1.54) is 0 Å². The second-order valence-electron chi connectivity index (χ2n) is 5.03. The summed E-state index contributed by atoms with van der Waals surface area (Å²) in [4.78, 5) is 11.9. The van der Waals surface area contributed by atoms with Crippen LogP contribution in [0.2, 0.25) is 5.02 Å². The first-order valence-electron chi connectivity index (χ1n) is 7.27. The number of esters is 1. The van der Waals surface area contributed by atoms with Crippen LogP contribution in [0.5, 0.6) is 5.75 Å². The molecule has 0 bridgehead atoms. The Morgan fingerprint density at radius 2 is 1.82 bits per heavy atom. The summed E-state index contributed by atoms with van der Waals surface area (Å²) >= 11 is 6.08. The third-order valence-corrected chi connectivity index (χ3v) is 3.69. The van der Waals surface area contributed by atoms with Crippen molar-refractivity contribution in [3.05, 3.63) is 64.7 Å². The van der Waals surface area contributed by atoms with E-state index in [1.807, 2.05) is 38.1 Å². The Morgan fingerprint density at radius 3 is 2.45 bits per heavy atom. The first-order chi connectivity index (χ1) is 10.6. The van der Waals surface area contributed by atoms with Gasteiger partial charge in [0.2, 0.25) is 0 Å². The van der Waals surface area contributed by atoms with Gasteiger partial charge in [-0.3, -0.25) is 0 Å². The SMILES string of the molecule is CCC(C)OC(=O)c1ccc(OCc2ccccc2Cl)cc1. The molecule has 1 atom stereocenters. The van der Waals surface area contributed by atoms with E-state index in [-0.39, 0.29) is 12.1 Å². The molecule has 0 N–H and O–H groups in total. The van der Waals surface area contributed by atoms with Gasteiger partial charge in [-0.05, 0) is 43.7 Å². The molecule has 0 aliphatic rings. The maximum Gasteiger partial charge on any atom is 0.338 e. The molecular weight excluding hydrogens is 300 g/mol. The largest absolute Gasteiger partial charge is 0.489 e. The van der Waals surface area contributed by atoms with Crippen LogP contribution in [0, 0.1) is 0 Å². The van der Waals surface area contributed by atoms with E-state index >= 15 is 0 Å². The number of hydrogen-bond acceptors (Lipinski definition) is 3. The highest BCUT2D eigenvalue weighted by Gasteiger charge is 2.10. The molecule has 2 rings (SSSR count). The summed E-state index contributed by atoms with van der Waals surface area (Å²) in [6.07, 6.45) is 0.716. The average Bonchev–Trinajstić information content (AvgIpc) is 2.54. The Morgan fingerprint density at radius 1 is 1.14 bits per heavy atom. The first kappa shape index (κ1) is 16.4. The van der Waals surface area contributed by atoms with E-state index in [0.29, 0.717) is 22.9 Å². The summed E-state index contributed by atoms with van der Waals surface area (Å²) in [5.74, 6) is 0.368. The second kappa shape index (κ2) is 7.85. The van der Waals surface area contributed by atoms with Crippen molar-refractivity contribution in [2.24, 2.45) is 0 Å². The van der Waals surface area contributed by atoms with Gasteiger partial charge in [0.1, 0.15) is 12.4 Å². The van der Waals surface area contributed by atoms with Crippen LogP contribution in [-0.4, -0.2) is 12.1 Å². The van der Waals surface area contributed by atoms with Crippen molar-refractivity contribution in [3.63, 3.8) is 0 Å². The van der Waals surface area contributed by atoms with E-state index in [1.54, 1.807) is 24.3 Å². The lowest BCUT2D eigenvalue weighted by molar-refractivity contribution is 0.0334. The highest BCUT2D eigenvalue weighted by atomic mass is 35.5.